The van der Waals surface area contributed by atoms with Crippen molar-refractivity contribution in [2.75, 3.05) is 13.2 Å². The summed E-state index contributed by atoms with van der Waals surface area (Å²) in [7, 11) is -3.69. The highest BCUT2D eigenvalue weighted by atomic mass is 32.2. The highest BCUT2D eigenvalue weighted by Gasteiger charge is 2.26. The predicted octanol–water partition coefficient (Wildman–Crippen LogP) is 0.0611. The second-order valence-electron chi connectivity index (χ2n) is 5.13. The Kier molecular flexibility index (Phi) is 4.96. The average molecular weight is 317 g/mol. The van der Waals surface area contributed by atoms with Gasteiger partial charge in [0.05, 0.1) is 6.20 Å². The molecule has 1 aromatic heterocycles. The van der Waals surface area contributed by atoms with Crippen molar-refractivity contribution in [3.63, 3.8) is 0 Å². The maximum Gasteiger partial charge on any atom is 0.325 e. The molecule has 0 bridgehead atoms. The molecule has 2 heterocycles. The minimum atomic E-state index is -3.69. The van der Waals surface area contributed by atoms with Crippen molar-refractivity contribution in [3.05, 3.63) is 12.4 Å². The molecular weight excluding hydrogens is 298 g/mol. The van der Waals surface area contributed by atoms with Crippen LogP contribution < -0.4 is 4.72 Å². The van der Waals surface area contributed by atoms with Gasteiger partial charge >= 0.3 is 5.97 Å². The summed E-state index contributed by atoms with van der Waals surface area (Å²) >= 11 is 0. The first kappa shape index (κ1) is 15.9. The number of ether oxygens (including phenoxy) is 1. The second kappa shape index (κ2) is 6.54. The van der Waals surface area contributed by atoms with E-state index >= 15 is 0 Å². The van der Waals surface area contributed by atoms with E-state index in [1.807, 2.05) is 6.92 Å². The SMILES string of the molecule is CC(NS(=O)(=O)c1cnn(CC(=O)O)c1)C1CCOCC1. The van der Waals surface area contributed by atoms with Crippen molar-refractivity contribution >= 4 is 16.0 Å². The Balaban J connectivity index is 2.03. The molecule has 1 unspecified atom stereocenters. The summed E-state index contributed by atoms with van der Waals surface area (Å²) in [5.74, 6) is -0.840. The largest absolute Gasteiger partial charge is 0.480 e. The third-order valence-corrected chi connectivity index (χ3v) is 5.04. The van der Waals surface area contributed by atoms with E-state index in [1.165, 1.54) is 6.20 Å². The summed E-state index contributed by atoms with van der Waals surface area (Å²) in [5.41, 5.74) is 0. The maximum absolute atomic E-state index is 12.2. The van der Waals surface area contributed by atoms with Crippen LogP contribution in [0.3, 0.4) is 0 Å². The van der Waals surface area contributed by atoms with Gasteiger partial charge in [0.15, 0.2) is 0 Å². The van der Waals surface area contributed by atoms with Crippen LogP contribution in [0, 0.1) is 5.92 Å². The van der Waals surface area contributed by atoms with Crippen LogP contribution in [0.25, 0.3) is 0 Å². The molecule has 0 saturated carbocycles. The van der Waals surface area contributed by atoms with Gasteiger partial charge in [-0.1, -0.05) is 0 Å². The Morgan fingerprint density at radius 1 is 1.57 bits per heavy atom. The molecule has 8 nitrogen and oxygen atoms in total. The van der Waals surface area contributed by atoms with Gasteiger partial charge in [-0.2, -0.15) is 5.10 Å². The van der Waals surface area contributed by atoms with Crippen molar-refractivity contribution in [2.45, 2.75) is 37.2 Å². The number of carboxylic acids is 1. The van der Waals surface area contributed by atoms with Crippen molar-refractivity contribution < 1.29 is 23.1 Å². The number of carbonyl (C=O) groups is 1. The zero-order valence-corrected chi connectivity index (χ0v) is 12.5. The molecule has 2 N–H and O–H groups in total. The van der Waals surface area contributed by atoms with Crippen LogP contribution in [-0.4, -0.2) is 48.5 Å². The molecule has 1 aliphatic heterocycles. The zero-order chi connectivity index (χ0) is 15.5. The van der Waals surface area contributed by atoms with E-state index in [0.29, 0.717) is 13.2 Å². The van der Waals surface area contributed by atoms with Gasteiger partial charge in [0.25, 0.3) is 0 Å². The smallest absolute Gasteiger partial charge is 0.325 e. The summed E-state index contributed by atoms with van der Waals surface area (Å²) in [6.45, 7) is 2.75. The number of hydrogen-bond donors (Lipinski definition) is 2. The number of aromatic nitrogens is 2. The number of carboxylic acid groups (broad SMARTS) is 1. The topological polar surface area (TPSA) is 111 Å². The maximum atomic E-state index is 12.2. The van der Waals surface area contributed by atoms with Gasteiger partial charge in [-0.15, -0.1) is 0 Å². The Hall–Kier alpha value is -1.45. The standard InChI is InChI=1S/C12H19N3O5S/c1-9(10-2-4-20-5-3-10)14-21(18,19)11-6-13-15(7-11)8-12(16)17/h6-7,9-10,14H,2-5,8H2,1H3,(H,16,17). The fourth-order valence-electron chi connectivity index (χ4n) is 2.33. The highest BCUT2D eigenvalue weighted by molar-refractivity contribution is 7.89. The van der Waals surface area contributed by atoms with Crippen LogP contribution in [0.1, 0.15) is 19.8 Å². The van der Waals surface area contributed by atoms with Crippen LogP contribution in [0.5, 0.6) is 0 Å². The second-order valence-corrected chi connectivity index (χ2v) is 6.84. The molecule has 0 spiro atoms. The van der Waals surface area contributed by atoms with Crippen LogP contribution in [0.4, 0.5) is 0 Å². The molecule has 0 aliphatic carbocycles. The van der Waals surface area contributed by atoms with E-state index in [4.69, 9.17) is 9.84 Å². The van der Waals surface area contributed by atoms with Gasteiger partial charge in [0.1, 0.15) is 11.4 Å². The number of aliphatic carboxylic acids is 1. The van der Waals surface area contributed by atoms with E-state index in [-0.39, 0.29) is 23.4 Å². The van der Waals surface area contributed by atoms with Gasteiger partial charge in [0, 0.05) is 25.5 Å². The molecule has 0 amide bonds. The van der Waals surface area contributed by atoms with Gasteiger partial charge in [-0.05, 0) is 25.7 Å². The molecule has 2 rings (SSSR count). The van der Waals surface area contributed by atoms with Crippen molar-refractivity contribution in [3.8, 4) is 0 Å². The highest BCUT2D eigenvalue weighted by Crippen LogP contribution is 2.20. The summed E-state index contributed by atoms with van der Waals surface area (Å²) in [6, 6.07) is -0.207. The van der Waals surface area contributed by atoms with E-state index in [9.17, 15) is 13.2 Å². The number of sulfonamides is 1. The molecule has 1 aromatic rings. The molecule has 1 atom stereocenters. The first-order valence-corrected chi connectivity index (χ1v) is 8.21. The first-order valence-electron chi connectivity index (χ1n) is 6.73. The fourth-order valence-corrected chi connectivity index (χ4v) is 3.60. The monoisotopic (exact) mass is 317 g/mol. The normalized spacial score (nSPS) is 18.5. The summed E-state index contributed by atoms with van der Waals surface area (Å²) in [6.07, 6.45) is 4.01. The Bertz CT molecular complexity index is 592. The Morgan fingerprint density at radius 2 is 2.24 bits per heavy atom. The molecule has 1 fully saturated rings. The van der Waals surface area contributed by atoms with E-state index in [0.717, 1.165) is 23.7 Å². The lowest BCUT2D eigenvalue weighted by atomic mass is 9.94. The third-order valence-electron chi connectivity index (χ3n) is 3.53. The number of nitrogens with zero attached hydrogens (tertiary/aromatic N) is 2. The Morgan fingerprint density at radius 3 is 2.86 bits per heavy atom. The number of rotatable bonds is 6. The van der Waals surface area contributed by atoms with Gasteiger partial charge in [-0.3, -0.25) is 9.48 Å². The lowest BCUT2D eigenvalue weighted by Crippen LogP contribution is -2.40. The molecule has 0 aromatic carbocycles. The number of nitrogens with one attached hydrogen (secondary N) is 1. The lowest BCUT2D eigenvalue weighted by Gasteiger charge is -2.27. The van der Waals surface area contributed by atoms with E-state index < -0.39 is 16.0 Å². The van der Waals surface area contributed by atoms with Crippen LogP contribution >= 0.6 is 0 Å². The third kappa shape index (κ3) is 4.26. The molecule has 118 valence electrons. The minimum absolute atomic E-state index is 0.0253. The predicted molar refractivity (Wildman–Crippen MR) is 73.2 cm³/mol. The van der Waals surface area contributed by atoms with Crippen molar-refractivity contribution in [1.82, 2.24) is 14.5 Å². The molecule has 1 aliphatic rings. The van der Waals surface area contributed by atoms with E-state index in [1.54, 1.807) is 0 Å². The molecule has 21 heavy (non-hydrogen) atoms. The van der Waals surface area contributed by atoms with E-state index in [2.05, 4.69) is 9.82 Å². The summed E-state index contributed by atoms with van der Waals surface area (Å²) in [4.78, 5) is 10.5. The first-order chi connectivity index (χ1) is 9.88. The van der Waals surface area contributed by atoms with Crippen molar-refractivity contribution in [2.24, 2.45) is 5.92 Å². The lowest BCUT2D eigenvalue weighted by molar-refractivity contribution is -0.137. The zero-order valence-electron chi connectivity index (χ0n) is 11.7. The fraction of sp³-hybridized carbons (Fsp3) is 0.667. The molecule has 0 radical (unpaired) electrons. The molecular formula is C12H19N3O5S. The summed E-state index contributed by atoms with van der Waals surface area (Å²) < 4.78 is 33.4. The van der Waals surface area contributed by atoms with Crippen LogP contribution in [0.15, 0.2) is 17.3 Å². The Labute approximate surface area is 123 Å². The minimum Gasteiger partial charge on any atom is -0.480 e. The number of hydrogen-bond acceptors (Lipinski definition) is 5. The quantitative estimate of drug-likeness (QED) is 0.767. The van der Waals surface area contributed by atoms with Crippen LogP contribution in [-0.2, 0) is 26.1 Å². The molecule has 1 saturated heterocycles. The van der Waals surface area contributed by atoms with Crippen molar-refractivity contribution in [1.29, 1.82) is 0 Å². The molecule has 9 heteroatoms. The summed E-state index contributed by atoms with van der Waals surface area (Å²) in [5, 5.41) is 12.4. The van der Waals surface area contributed by atoms with Gasteiger partial charge in [0.2, 0.25) is 10.0 Å². The van der Waals surface area contributed by atoms with Gasteiger partial charge in [-0.25, -0.2) is 13.1 Å². The van der Waals surface area contributed by atoms with Gasteiger partial charge < -0.3 is 9.84 Å². The van der Waals surface area contributed by atoms with Crippen LogP contribution in [0.2, 0.25) is 0 Å². The average Bonchev–Trinajstić information content (AvgIpc) is 2.88.